The topological polar surface area (TPSA) is 12.5 Å². The standard InChI is InChI=1S/C8H21N2O.2ClH/c1-7-8(10(4,5)6)11-9(2)3;;/h8H,7H2,1-6H3;2*1H/q+1;;/p-1. The van der Waals surface area contributed by atoms with Crippen LogP contribution >= 0.6 is 12.4 Å². The lowest BCUT2D eigenvalue weighted by Crippen LogP contribution is -3.00. The van der Waals surface area contributed by atoms with Gasteiger partial charge in [-0.3, -0.25) is 0 Å². The summed E-state index contributed by atoms with van der Waals surface area (Å²) in [6.45, 7) is 2.14. The van der Waals surface area contributed by atoms with Gasteiger partial charge in [-0.25, -0.2) is 4.84 Å². The average molecular weight is 233 g/mol. The monoisotopic (exact) mass is 232 g/mol. The van der Waals surface area contributed by atoms with Gasteiger partial charge in [0.2, 0.25) is 6.23 Å². The molecular weight excluding hydrogens is 211 g/mol. The van der Waals surface area contributed by atoms with Crippen molar-refractivity contribution in [3.8, 4) is 0 Å². The Labute approximate surface area is 94.4 Å². The lowest BCUT2D eigenvalue weighted by Gasteiger charge is -2.34. The molecule has 3 nitrogen and oxygen atoms in total. The molecule has 0 amide bonds. The molecule has 0 aliphatic carbocycles. The summed E-state index contributed by atoms with van der Waals surface area (Å²) in [5.74, 6) is 0. The lowest BCUT2D eigenvalue weighted by atomic mass is 10.3. The van der Waals surface area contributed by atoms with Crippen LogP contribution in [-0.2, 0) is 4.84 Å². The van der Waals surface area contributed by atoms with Gasteiger partial charge in [-0.05, 0) is 0 Å². The fourth-order valence-corrected chi connectivity index (χ4v) is 1.01. The van der Waals surface area contributed by atoms with Crippen LogP contribution in [0.2, 0.25) is 0 Å². The molecule has 1 atom stereocenters. The highest BCUT2D eigenvalue weighted by Gasteiger charge is 2.23. The Bertz CT molecular complexity index is 115. The highest BCUT2D eigenvalue weighted by Crippen LogP contribution is 2.08. The summed E-state index contributed by atoms with van der Waals surface area (Å²) in [6.07, 6.45) is 1.28. The smallest absolute Gasteiger partial charge is 0.211 e. The van der Waals surface area contributed by atoms with E-state index >= 15 is 0 Å². The Morgan fingerprint density at radius 3 is 1.69 bits per heavy atom. The van der Waals surface area contributed by atoms with E-state index in [2.05, 4.69) is 28.1 Å². The maximum absolute atomic E-state index is 5.57. The van der Waals surface area contributed by atoms with E-state index in [0.29, 0.717) is 0 Å². The SMILES string of the molecule is CCC(ON(C)C)[N+](C)(C)C.Cl.[Cl-]. The Morgan fingerprint density at radius 2 is 1.62 bits per heavy atom. The van der Waals surface area contributed by atoms with E-state index in [1.54, 1.807) is 5.06 Å². The van der Waals surface area contributed by atoms with Gasteiger partial charge in [0.1, 0.15) is 0 Å². The number of hydroxylamine groups is 2. The largest absolute Gasteiger partial charge is 1.00 e. The minimum absolute atomic E-state index is 0. The van der Waals surface area contributed by atoms with Crippen LogP contribution in [0.25, 0.3) is 0 Å². The van der Waals surface area contributed by atoms with Gasteiger partial charge in [0.25, 0.3) is 0 Å². The van der Waals surface area contributed by atoms with Crippen molar-refractivity contribution in [2.45, 2.75) is 19.6 Å². The number of rotatable bonds is 4. The third kappa shape index (κ3) is 8.78. The highest BCUT2D eigenvalue weighted by atomic mass is 35.5. The molecule has 0 saturated heterocycles. The van der Waals surface area contributed by atoms with E-state index < -0.39 is 0 Å². The average Bonchev–Trinajstić information content (AvgIpc) is 1.79. The van der Waals surface area contributed by atoms with E-state index in [4.69, 9.17) is 4.84 Å². The molecule has 0 N–H and O–H groups in total. The van der Waals surface area contributed by atoms with Crippen molar-refractivity contribution in [1.82, 2.24) is 5.06 Å². The predicted octanol–water partition coefficient (Wildman–Crippen LogP) is -1.65. The minimum Gasteiger partial charge on any atom is -1.00 e. The van der Waals surface area contributed by atoms with E-state index in [1.165, 1.54) is 0 Å². The quantitative estimate of drug-likeness (QED) is 0.328. The molecule has 0 saturated carbocycles. The molecule has 5 heteroatoms. The summed E-state index contributed by atoms with van der Waals surface area (Å²) in [6, 6.07) is 0. The van der Waals surface area contributed by atoms with Gasteiger partial charge in [0.05, 0.1) is 21.1 Å². The zero-order chi connectivity index (χ0) is 9.07. The van der Waals surface area contributed by atoms with Gasteiger partial charge in [-0.2, -0.15) is 5.06 Å². The van der Waals surface area contributed by atoms with Crippen molar-refractivity contribution < 1.29 is 21.7 Å². The first-order chi connectivity index (χ1) is 4.88. The highest BCUT2D eigenvalue weighted by molar-refractivity contribution is 5.85. The van der Waals surface area contributed by atoms with E-state index in [9.17, 15) is 0 Å². The Hall–Kier alpha value is 0.460. The van der Waals surface area contributed by atoms with E-state index in [-0.39, 0.29) is 31.0 Å². The molecular formula is C8H22Cl2N2O. The van der Waals surface area contributed by atoms with Crippen LogP contribution < -0.4 is 12.4 Å². The van der Waals surface area contributed by atoms with Crippen LogP contribution in [0.3, 0.4) is 0 Å². The number of halogens is 2. The van der Waals surface area contributed by atoms with Crippen molar-refractivity contribution in [1.29, 1.82) is 0 Å². The van der Waals surface area contributed by atoms with Gasteiger partial charge < -0.3 is 16.9 Å². The zero-order valence-corrected chi connectivity index (χ0v) is 10.9. The molecule has 0 spiro atoms. The molecule has 0 aliphatic rings. The molecule has 13 heavy (non-hydrogen) atoms. The first-order valence-electron chi connectivity index (χ1n) is 4.03. The second kappa shape index (κ2) is 7.83. The molecule has 0 fully saturated rings. The predicted molar refractivity (Wildman–Crippen MR) is 54.1 cm³/mol. The Morgan fingerprint density at radius 1 is 1.23 bits per heavy atom. The number of nitrogens with zero attached hydrogens (tertiary/aromatic N) is 2. The number of hydrogen-bond donors (Lipinski definition) is 0. The van der Waals surface area contributed by atoms with Crippen LogP contribution in [0.4, 0.5) is 0 Å². The molecule has 0 radical (unpaired) electrons. The second-order valence-corrected chi connectivity index (χ2v) is 3.90. The second-order valence-electron chi connectivity index (χ2n) is 3.90. The van der Waals surface area contributed by atoms with Crippen LogP contribution in [0.5, 0.6) is 0 Å². The Balaban J connectivity index is -0.000000500. The molecule has 1 unspecified atom stereocenters. The molecule has 0 aliphatic heterocycles. The van der Waals surface area contributed by atoms with Crippen molar-refractivity contribution in [2.24, 2.45) is 0 Å². The summed E-state index contributed by atoms with van der Waals surface area (Å²) in [7, 11) is 10.2. The van der Waals surface area contributed by atoms with Crippen molar-refractivity contribution in [2.75, 3.05) is 35.2 Å². The fraction of sp³-hybridized carbons (Fsp3) is 1.00. The third-order valence-electron chi connectivity index (χ3n) is 1.55. The summed E-state index contributed by atoms with van der Waals surface area (Å²) in [5.41, 5.74) is 0. The maximum Gasteiger partial charge on any atom is 0.211 e. The van der Waals surface area contributed by atoms with E-state index in [0.717, 1.165) is 10.9 Å². The molecule has 0 aromatic rings. The molecule has 0 aromatic carbocycles. The molecule has 0 aromatic heterocycles. The number of quaternary nitrogens is 1. The number of hydrogen-bond acceptors (Lipinski definition) is 2. The molecule has 0 rings (SSSR count). The Kier molecular flexibility index (Phi) is 11.5. The normalized spacial score (nSPS) is 13.2. The summed E-state index contributed by atoms with van der Waals surface area (Å²) < 4.78 is 0.842. The minimum atomic E-state index is 0. The summed E-state index contributed by atoms with van der Waals surface area (Å²) >= 11 is 0. The molecule has 84 valence electrons. The van der Waals surface area contributed by atoms with Crippen LogP contribution in [0, 0.1) is 0 Å². The van der Waals surface area contributed by atoms with Gasteiger partial charge in [-0.1, -0.05) is 6.92 Å². The first-order valence-corrected chi connectivity index (χ1v) is 4.03. The fourth-order valence-electron chi connectivity index (χ4n) is 1.01. The summed E-state index contributed by atoms with van der Waals surface area (Å²) in [4.78, 5) is 5.57. The van der Waals surface area contributed by atoms with Crippen LogP contribution in [-0.4, -0.2) is 51.0 Å². The van der Waals surface area contributed by atoms with Crippen molar-refractivity contribution in [3.63, 3.8) is 0 Å². The van der Waals surface area contributed by atoms with Gasteiger partial charge in [-0.15, -0.1) is 12.4 Å². The summed E-state index contributed by atoms with van der Waals surface area (Å²) in [5, 5.41) is 1.76. The van der Waals surface area contributed by atoms with E-state index in [1.807, 2.05) is 14.1 Å². The van der Waals surface area contributed by atoms with Crippen molar-refractivity contribution in [3.05, 3.63) is 0 Å². The van der Waals surface area contributed by atoms with Crippen molar-refractivity contribution >= 4 is 12.4 Å². The van der Waals surface area contributed by atoms with Gasteiger partial charge in [0, 0.05) is 20.5 Å². The first kappa shape index (κ1) is 19.1. The molecule has 0 heterocycles. The maximum atomic E-state index is 5.57. The molecule has 0 bridgehead atoms. The zero-order valence-electron chi connectivity index (χ0n) is 9.37. The van der Waals surface area contributed by atoms with Gasteiger partial charge in [0.15, 0.2) is 0 Å². The van der Waals surface area contributed by atoms with Crippen LogP contribution in [0.1, 0.15) is 13.3 Å². The third-order valence-corrected chi connectivity index (χ3v) is 1.55. The van der Waals surface area contributed by atoms with Crippen LogP contribution in [0.15, 0.2) is 0 Å². The van der Waals surface area contributed by atoms with Gasteiger partial charge >= 0.3 is 0 Å². The lowest BCUT2D eigenvalue weighted by molar-refractivity contribution is -0.925.